The van der Waals surface area contributed by atoms with E-state index in [1.807, 2.05) is 0 Å². The highest BCUT2D eigenvalue weighted by atomic mass is 19.1. The van der Waals surface area contributed by atoms with Crippen LogP contribution in [0, 0.1) is 11.6 Å². The number of nitrogens with zero attached hydrogens (tertiary/aromatic N) is 2. The van der Waals surface area contributed by atoms with Gasteiger partial charge in [0.15, 0.2) is 5.82 Å². The van der Waals surface area contributed by atoms with E-state index in [9.17, 15) is 13.6 Å². The van der Waals surface area contributed by atoms with E-state index in [0.29, 0.717) is 5.69 Å². The normalized spacial score (nSPS) is 10.3. The molecule has 0 aliphatic heterocycles. The minimum Gasteiger partial charge on any atom is -0.396 e. The fraction of sp³-hybridized carbons (Fsp3) is 0.0769. The Morgan fingerprint density at radius 1 is 1.32 bits per heavy atom. The average Bonchev–Trinajstić information content (AvgIpc) is 2.43. The number of aromatic nitrogens is 1. The van der Waals surface area contributed by atoms with Gasteiger partial charge in [0.2, 0.25) is 0 Å². The van der Waals surface area contributed by atoms with Crippen LogP contribution in [-0.2, 0) is 0 Å². The third-order valence-corrected chi connectivity index (χ3v) is 2.67. The first-order valence-corrected chi connectivity index (χ1v) is 5.44. The molecule has 98 valence electrons. The van der Waals surface area contributed by atoms with Crippen molar-refractivity contribution in [3.8, 4) is 0 Å². The predicted molar refractivity (Wildman–Crippen MR) is 67.7 cm³/mol. The smallest absolute Gasteiger partial charge is 0.264 e. The molecule has 0 saturated carbocycles. The van der Waals surface area contributed by atoms with Crippen LogP contribution in [0.5, 0.6) is 0 Å². The topological polar surface area (TPSA) is 59.2 Å². The van der Waals surface area contributed by atoms with Gasteiger partial charge in [-0.2, -0.15) is 0 Å². The van der Waals surface area contributed by atoms with E-state index in [2.05, 4.69) is 4.98 Å². The summed E-state index contributed by atoms with van der Waals surface area (Å²) in [4.78, 5) is 17.0. The van der Waals surface area contributed by atoms with Crippen molar-refractivity contribution in [1.82, 2.24) is 4.98 Å². The van der Waals surface area contributed by atoms with Crippen LogP contribution in [0.15, 0.2) is 36.7 Å². The van der Waals surface area contributed by atoms with E-state index in [0.717, 1.165) is 17.0 Å². The van der Waals surface area contributed by atoms with Crippen LogP contribution < -0.4 is 10.6 Å². The summed E-state index contributed by atoms with van der Waals surface area (Å²) in [6.07, 6.45) is 2.95. The van der Waals surface area contributed by atoms with Gasteiger partial charge in [-0.25, -0.2) is 8.78 Å². The van der Waals surface area contributed by atoms with Crippen molar-refractivity contribution in [3.05, 3.63) is 53.9 Å². The first-order chi connectivity index (χ1) is 9.02. The zero-order valence-corrected chi connectivity index (χ0v) is 10.1. The molecule has 2 N–H and O–H groups in total. The fourth-order valence-corrected chi connectivity index (χ4v) is 1.60. The number of benzene rings is 1. The SMILES string of the molecule is CN(C(=O)c1c(F)ccc(N)c1F)c1cccnc1. The second-order valence-electron chi connectivity index (χ2n) is 3.90. The van der Waals surface area contributed by atoms with Gasteiger partial charge in [0.05, 0.1) is 17.6 Å². The van der Waals surface area contributed by atoms with Gasteiger partial charge in [0.1, 0.15) is 11.4 Å². The van der Waals surface area contributed by atoms with Crippen LogP contribution in [0.25, 0.3) is 0 Å². The number of hydrogen-bond acceptors (Lipinski definition) is 3. The highest BCUT2D eigenvalue weighted by molar-refractivity contribution is 6.06. The van der Waals surface area contributed by atoms with Crippen LogP contribution in [0.3, 0.4) is 0 Å². The molecule has 0 radical (unpaired) electrons. The number of rotatable bonds is 2. The number of carbonyl (C=O) groups excluding carboxylic acids is 1. The Balaban J connectivity index is 2.43. The molecule has 0 aliphatic rings. The highest BCUT2D eigenvalue weighted by Gasteiger charge is 2.23. The lowest BCUT2D eigenvalue weighted by molar-refractivity contribution is 0.0985. The zero-order chi connectivity index (χ0) is 14.0. The summed E-state index contributed by atoms with van der Waals surface area (Å²) in [6, 6.07) is 5.26. The molecule has 0 unspecified atom stereocenters. The molecule has 0 bridgehead atoms. The Hall–Kier alpha value is -2.50. The quantitative estimate of drug-likeness (QED) is 0.845. The maximum Gasteiger partial charge on any atom is 0.264 e. The lowest BCUT2D eigenvalue weighted by atomic mass is 10.1. The first-order valence-electron chi connectivity index (χ1n) is 5.44. The van der Waals surface area contributed by atoms with Crippen LogP contribution >= 0.6 is 0 Å². The van der Waals surface area contributed by atoms with Gasteiger partial charge in [-0.1, -0.05) is 0 Å². The molecule has 2 rings (SSSR count). The number of carbonyl (C=O) groups is 1. The Bertz CT molecular complexity index is 617. The Morgan fingerprint density at radius 3 is 2.68 bits per heavy atom. The molecule has 6 heteroatoms. The maximum absolute atomic E-state index is 13.8. The van der Waals surface area contributed by atoms with Gasteiger partial charge >= 0.3 is 0 Å². The summed E-state index contributed by atoms with van der Waals surface area (Å²) >= 11 is 0. The average molecular weight is 263 g/mol. The van der Waals surface area contributed by atoms with Crippen molar-refractivity contribution in [2.75, 3.05) is 17.7 Å². The van der Waals surface area contributed by atoms with Gasteiger partial charge in [-0.3, -0.25) is 9.78 Å². The molecule has 0 aliphatic carbocycles. The monoisotopic (exact) mass is 263 g/mol. The number of pyridine rings is 1. The van der Waals surface area contributed by atoms with Crippen molar-refractivity contribution in [2.45, 2.75) is 0 Å². The zero-order valence-electron chi connectivity index (χ0n) is 10.1. The van der Waals surface area contributed by atoms with E-state index < -0.39 is 23.1 Å². The van der Waals surface area contributed by atoms with Crippen molar-refractivity contribution in [3.63, 3.8) is 0 Å². The van der Waals surface area contributed by atoms with Gasteiger partial charge in [-0.05, 0) is 24.3 Å². The maximum atomic E-state index is 13.8. The molecule has 1 aromatic heterocycles. The fourth-order valence-electron chi connectivity index (χ4n) is 1.60. The minimum atomic E-state index is -1.05. The number of nitrogen functional groups attached to an aromatic ring is 1. The van der Waals surface area contributed by atoms with Gasteiger partial charge in [-0.15, -0.1) is 0 Å². The number of hydrogen-bond donors (Lipinski definition) is 1. The first kappa shape index (κ1) is 12.9. The molecular formula is C13H11F2N3O. The standard InChI is InChI=1S/C13H11F2N3O/c1-18(8-3-2-6-17-7-8)13(19)11-9(14)4-5-10(16)12(11)15/h2-7H,16H2,1H3. The second-order valence-corrected chi connectivity index (χ2v) is 3.90. The summed E-state index contributed by atoms with van der Waals surface area (Å²) in [7, 11) is 1.40. The largest absolute Gasteiger partial charge is 0.396 e. The molecule has 1 aromatic carbocycles. The molecule has 0 saturated heterocycles. The van der Waals surface area contributed by atoms with Gasteiger partial charge < -0.3 is 10.6 Å². The molecular weight excluding hydrogens is 252 g/mol. The van der Waals surface area contributed by atoms with Crippen molar-refractivity contribution >= 4 is 17.3 Å². The number of halogens is 2. The Morgan fingerprint density at radius 2 is 2.05 bits per heavy atom. The second kappa shape index (κ2) is 5.01. The van der Waals surface area contributed by atoms with Gasteiger partial charge in [0, 0.05) is 13.2 Å². The molecule has 19 heavy (non-hydrogen) atoms. The molecule has 1 heterocycles. The number of anilines is 2. The summed E-state index contributed by atoms with van der Waals surface area (Å²) in [5.74, 6) is -2.83. The lowest BCUT2D eigenvalue weighted by Crippen LogP contribution is -2.28. The molecule has 0 atom stereocenters. The van der Waals surface area contributed by atoms with Gasteiger partial charge in [0.25, 0.3) is 5.91 Å². The van der Waals surface area contributed by atoms with Crippen molar-refractivity contribution in [1.29, 1.82) is 0 Å². The van der Waals surface area contributed by atoms with Crippen molar-refractivity contribution < 1.29 is 13.6 Å². The summed E-state index contributed by atoms with van der Waals surface area (Å²) in [5, 5.41) is 0. The van der Waals surface area contributed by atoms with Crippen LogP contribution in [0.4, 0.5) is 20.2 Å². The molecule has 0 spiro atoms. The van der Waals surface area contributed by atoms with E-state index >= 15 is 0 Å². The molecule has 2 aromatic rings. The predicted octanol–water partition coefficient (Wildman–Crippen LogP) is 2.22. The molecule has 0 fully saturated rings. The van der Waals surface area contributed by atoms with E-state index in [-0.39, 0.29) is 5.69 Å². The van der Waals surface area contributed by atoms with Crippen LogP contribution in [0.1, 0.15) is 10.4 Å². The Kier molecular flexibility index (Phi) is 3.41. The van der Waals surface area contributed by atoms with E-state index in [4.69, 9.17) is 5.73 Å². The summed E-state index contributed by atoms with van der Waals surface area (Å²) in [5.41, 5.74) is 4.82. The Labute approximate surface area is 108 Å². The van der Waals surface area contributed by atoms with Crippen LogP contribution in [0.2, 0.25) is 0 Å². The third kappa shape index (κ3) is 2.37. The third-order valence-electron chi connectivity index (χ3n) is 2.67. The van der Waals surface area contributed by atoms with E-state index in [1.165, 1.54) is 19.4 Å². The number of amides is 1. The van der Waals surface area contributed by atoms with E-state index in [1.54, 1.807) is 12.1 Å². The molecule has 1 amide bonds. The number of nitrogens with two attached hydrogens (primary N) is 1. The minimum absolute atomic E-state index is 0.274. The summed E-state index contributed by atoms with van der Waals surface area (Å²) < 4.78 is 27.4. The summed E-state index contributed by atoms with van der Waals surface area (Å²) in [6.45, 7) is 0. The highest BCUT2D eigenvalue weighted by Crippen LogP contribution is 2.22. The van der Waals surface area contributed by atoms with Crippen LogP contribution in [-0.4, -0.2) is 17.9 Å². The molecule has 4 nitrogen and oxygen atoms in total. The van der Waals surface area contributed by atoms with Crippen molar-refractivity contribution in [2.24, 2.45) is 0 Å². The lowest BCUT2D eigenvalue weighted by Gasteiger charge is -2.17.